The first kappa shape index (κ1) is 36.9. The van der Waals surface area contributed by atoms with Crippen LogP contribution in [0.2, 0.25) is 0 Å². The van der Waals surface area contributed by atoms with Crippen LogP contribution in [0.3, 0.4) is 0 Å². The van der Waals surface area contributed by atoms with Gasteiger partial charge in [0.05, 0.1) is 30.8 Å². The smallest absolute Gasteiger partial charge is 0.338 e. The van der Waals surface area contributed by atoms with E-state index in [9.17, 15) is 18.4 Å². The molecule has 0 aliphatic heterocycles. The highest BCUT2D eigenvalue weighted by Crippen LogP contribution is 2.22. The molecule has 0 fully saturated rings. The molecule has 0 unspecified atom stereocenters. The number of quaternary nitrogens is 1. The normalized spacial score (nSPS) is 11.0. The van der Waals surface area contributed by atoms with Crippen molar-refractivity contribution in [3.05, 3.63) is 95.1 Å². The molecule has 0 aliphatic rings. The lowest BCUT2D eigenvalue weighted by atomic mass is 10.1. The number of carbonyl (C=O) groups excluding carboxylic acids is 2. The molecule has 9 heteroatoms. The second kappa shape index (κ2) is 19.2. The maximum Gasteiger partial charge on any atom is 0.338 e. The molecule has 0 saturated heterocycles. The van der Waals surface area contributed by atoms with E-state index >= 15 is 0 Å². The summed E-state index contributed by atoms with van der Waals surface area (Å²) >= 11 is 0. The van der Waals surface area contributed by atoms with Gasteiger partial charge >= 0.3 is 5.97 Å². The lowest BCUT2D eigenvalue weighted by molar-refractivity contribution is -0.937. The van der Waals surface area contributed by atoms with Crippen molar-refractivity contribution < 1.29 is 49.3 Å². The number of nitrogens with zero attached hydrogens (tertiary/aromatic N) is 1. The monoisotopic (exact) mass is 674 g/mol. The van der Waals surface area contributed by atoms with Crippen LogP contribution in [0.5, 0.6) is 5.75 Å². The van der Waals surface area contributed by atoms with Crippen LogP contribution in [0.25, 0.3) is 0 Å². The lowest BCUT2D eigenvalue weighted by Crippen LogP contribution is -3.00. The number of likely N-dealkylation sites (N-methyl/N-ethyl adjacent to an activating group) is 1. The molecule has 0 saturated carbocycles. The number of benzene rings is 3. The highest BCUT2D eigenvalue weighted by atomic mass is 79.9. The summed E-state index contributed by atoms with van der Waals surface area (Å²) in [5, 5.41) is 2.87. The predicted octanol–water partition coefficient (Wildman–Crippen LogP) is 5.17. The van der Waals surface area contributed by atoms with Crippen molar-refractivity contribution in [2.75, 3.05) is 38.2 Å². The third-order valence-corrected chi connectivity index (χ3v) is 7.94. The maximum absolute atomic E-state index is 14.3. The Hall–Kier alpha value is -3.30. The van der Waals surface area contributed by atoms with E-state index in [4.69, 9.17) is 9.47 Å². The van der Waals surface area contributed by atoms with Crippen molar-refractivity contribution in [1.29, 1.82) is 0 Å². The summed E-state index contributed by atoms with van der Waals surface area (Å²) in [6, 6.07) is 17.9. The van der Waals surface area contributed by atoms with E-state index < -0.39 is 17.6 Å². The number of anilines is 1. The summed E-state index contributed by atoms with van der Waals surface area (Å²) in [7, 11) is 0. The Morgan fingerprint density at radius 3 is 2.18 bits per heavy atom. The second-order valence-corrected chi connectivity index (χ2v) is 10.8. The van der Waals surface area contributed by atoms with Crippen LogP contribution in [0, 0.1) is 11.6 Å². The van der Waals surface area contributed by atoms with Crippen molar-refractivity contribution in [2.24, 2.45) is 0 Å². The third-order valence-electron chi connectivity index (χ3n) is 7.94. The summed E-state index contributed by atoms with van der Waals surface area (Å²) in [5.74, 6) is -1.94. The van der Waals surface area contributed by atoms with Gasteiger partial charge in [0.2, 0.25) is 0 Å². The molecular formula is C35H45BrF2N2O4. The molecule has 0 radical (unpaired) electrons. The Morgan fingerprint density at radius 1 is 0.795 bits per heavy atom. The highest BCUT2D eigenvalue weighted by Gasteiger charge is 2.27. The topological polar surface area (TPSA) is 64.6 Å². The molecule has 3 aromatic carbocycles. The summed E-state index contributed by atoms with van der Waals surface area (Å²) in [6.45, 7) is 8.96. The molecule has 0 aliphatic carbocycles. The number of carbonyl (C=O) groups is 2. The number of hydrogen-bond acceptors (Lipinski definition) is 4. The predicted molar refractivity (Wildman–Crippen MR) is 166 cm³/mol. The van der Waals surface area contributed by atoms with Crippen LogP contribution in [0.4, 0.5) is 14.5 Å². The van der Waals surface area contributed by atoms with Crippen LogP contribution in [0.15, 0.2) is 66.7 Å². The van der Waals surface area contributed by atoms with E-state index in [2.05, 4.69) is 12.2 Å². The van der Waals surface area contributed by atoms with Gasteiger partial charge in [0, 0.05) is 11.3 Å². The van der Waals surface area contributed by atoms with Gasteiger partial charge in [-0.1, -0.05) is 63.3 Å². The summed E-state index contributed by atoms with van der Waals surface area (Å²) in [4.78, 5) is 25.7. The van der Waals surface area contributed by atoms with Crippen LogP contribution >= 0.6 is 0 Å². The first-order chi connectivity index (χ1) is 20.8. The minimum atomic E-state index is -0.866. The Labute approximate surface area is 271 Å². The van der Waals surface area contributed by atoms with Gasteiger partial charge in [0.15, 0.2) is 11.6 Å². The van der Waals surface area contributed by atoms with Crippen LogP contribution in [-0.4, -0.2) is 49.2 Å². The Kier molecular flexibility index (Phi) is 16.1. The molecule has 3 aromatic rings. The van der Waals surface area contributed by atoms with Gasteiger partial charge in [-0.2, -0.15) is 0 Å². The molecule has 44 heavy (non-hydrogen) atoms. The van der Waals surface area contributed by atoms with Gasteiger partial charge < -0.3 is 36.3 Å². The number of ether oxygens (including phenoxy) is 2. The van der Waals surface area contributed by atoms with Crippen LogP contribution in [-0.2, 0) is 11.3 Å². The molecule has 1 amide bonds. The summed E-state index contributed by atoms with van der Waals surface area (Å²) in [5.41, 5.74) is 1.64. The van der Waals surface area contributed by atoms with Crippen LogP contribution < -0.4 is 27.0 Å². The zero-order valence-electron chi connectivity index (χ0n) is 26.1. The largest absolute Gasteiger partial charge is 1.00 e. The molecule has 0 aromatic heterocycles. The van der Waals surface area contributed by atoms with Gasteiger partial charge in [-0.15, -0.1) is 0 Å². The van der Waals surface area contributed by atoms with Crippen molar-refractivity contribution in [1.82, 2.24) is 0 Å². The van der Waals surface area contributed by atoms with Crippen LogP contribution in [0.1, 0.15) is 85.6 Å². The Balaban J connectivity index is 0.00000675. The number of para-hydroxylation sites is 1. The fourth-order valence-electron chi connectivity index (χ4n) is 5.02. The maximum atomic E-state index is 14.3. The van der Waals surface area contributed by atoms with E-state index in [1.807, 2.05) is 19.9 Å². The molecule has 1 N–H and O–H groups in total. The van der Waals surface area contributed by atoms with E-state index in [0.717, 1.165) is 18.9 Å². The zero-order chi connectivity index (χ0) is 31.1. The summed E-state index contributed by atoms with van der Waals surface area (Å²) < 4.78 is 39.9. The van der Waals surface area contributed by atoms with Crippen molar-refractivity contribution in [2.45, 2.75) is 65.8 Å². The molecule has 6 nitrogen and oxygen atoms in total. The van der Waals surface area contributed by atoms with Gasteiger partial charge in [0.1, 0.15) is 25.4 Å². The van der Waals surface area contributed by atoms with Gasteiger partial charge in [-0.25, -0.2) is 13.6 Å². The first-order valence-corrected chi connectivity index (χ1v) is 15.4. The zero-order valence-corrected chi connectivity index (χ0v) is 27.6. The van der Waals surface area contributed by atoms with Gasteiger partial charge in [-0.3, -0.25) is 4.79 Å². The molecular weight excluding hydrogens is 630 g/mol. The van der Waals surface area contributed by atoms with E-state index in [1.54, 1.807) is 48.5 Å². The molecule has 0 atom stereocenters. The lowest BCUT2D eigenvalue weighted by Gasteiger charge is -2.36. The number of halogens is 3. The number of nitrogens with one attached hydrogen (secondary N) is 1. The fraction of sp³-hybridized carbons (Fsp3) is 0.429. The minimum absolute atomic E-state index is 0. The van der Waals surface area contributed by atoms with Crippen molar-refractivity contribution in [3.8, 4) is 5.75 Å². The molecule has 240 valence electrons. The van der Waals surface area contributed by atoms with Gasteiger partial charge in [0.25, 0.3) is 5.91 Å². The van der Waals surface area contributed by atoms with E-state index in [-0.39, 0.29) is 29.5 Å². The van der Waals surface area contributed by atoms with E-state index in [0.29, 0.717) is 65.4 Å². The van der Waals surface area contributed by atoms with Crippen molar-refractivity contribution in [3.63, 3.8) is 0 Å². The Morgan fingerprint density at radius 2 is 1.48 bits per heavy atom. The SMILES string of the molecule is CCCCCCCCOc1ccccc1C(=O)Nc1ccc(C(=O)OCC[N+](CC)(CC)Cc2cccc(F)c2F)cc1.[Br-]. The quantitative estimate of drug-likeness (QED) is 0.115. The highest BCUT2D eigenvalue weighted by molar-refractivity contribution is 6.06. The van der Waals surface area contributed by atoms with E-state index in [1.165, 1.54) is 31.7 Å². The average Bonchev–Trinajstić information content (AvgIpc) is 3.02. The molecule has 0 heterocycles. The third kappa shape index (κ3) is 11.0. The minimum Gasteiger partial charge on any atom is -1.00 e. The number of hydrogen-bond donors (Lipinski definition) is 1. The second-order valence-electron chi connectivity index (χ2n) is 10.8. The number of unbranched alkanes of at least 4 members (excludes halogenated alkanes) is 5. The standard InChI is InChI=1S/C35H44F2N2O4.BrH/c1-4-7-8-9-10-13-24-42-32-18-12-11-16-30(32)34(40)38-29-21-19-27(20-22-29)35(41)43-25-23-39(5-2,6-3)26-28-15-14-17-31(36)33(28)37;/h11-12,14-22H,4-10,13,23-26H2,1-3H3;1H. The van der Waals surface area contributed by atoms with Crippen molar-refractivity contribution >= 4 is 17.6 Å². The van der Waals surface area contributed by atoms with Gasteiger partial charge in [-0.05, 0) is 62.7 Å². The first-order valence-electron chi connectivity index (χ1n) is 15.4. The molecule has 3 rings (SSSR count). The summed E-state index contributed by atoms with van der Waals surface area (Å²) in [6.07, 6.45) is 6.96. The number of amides is 1. The fourth-order valence-corrected chi connectivity index (χ4v) is 5.02. The molecule has 0 spiro atoms. The molecule has 0 bridgehead atoms. The average molecular weight is 676 g/mol. The number of rotatable bonds is 18. The number of esters is 1. The Bertz CT molecular complexity index is 1320.